The normalized spacial score (nSPS) is 11.0. The number of hydrogen-bond acceptors (Lipinski definition) is 3. The molecule has 0 aliphatic heterocycles. The molecule has 0 unspecified atom stereocenters. The molecule has 8 heteroatoms. The predicted molar refractivity (Wildman–Crippen MR) is 73.3 cm³/mol. The Labute approximate surface area is 122 Å². The minimum atomic E-state index is -4.81. The van der Waals surface area contributed by atoms with Gasteiger partial charge in [-0.1, -0.05) is 18.2 Å². The maximum absolute atomic E-state index is 12.2. The molecule has 1 heterocycles. The van der Waals surface area contributed by atoms with E-state index in [2.05, 4.69) is 15.4 Å². The summed E-state index contributed by atoms with van der Waals surface area (Å²) in [4.78, 5) is 12.6. The van der Waals surface area contributed by atoms with E-state index in [1.807, 2.05) is 17.5 Å². The van der Waals surface area contributed by atoms with Crippen LogP contribution in [0.3, 0.4) is 0 Å². The number of nitrogens with one attached hydrogen (secondary N) is 2. The van der Waals surface area contributed by atoms with Gasteiger partial charge in [0.05, 0.1) is 12.2 Å². The van der Waals surface area contributed by atoms with Crippen molar-refractivity contribution in [1.82, 2.24) is 5.32 Å². The fourth-order valence-corrected chi connectivity index (χ4v) is 2.18. The molecular weight excluding hydrogens is 305 g/mol. The lowest BCUT2D eigenvalue weighted by Gasteiger charge is -2.14. The van der Waals surface area contributed by atoms with E-state index >= 15 is 0 Å². The molecule has 1 aromatic carbocycles. The summed E-state index contributed by atoms with van der Waals surface area (Å²) in [5.41, 5.74) is -0.0569. The molecule has 0 aliphatic carbocycles. The van der Waals surface area contributed by atoms with Gasteiger partial charge in [-0.2, -0.15) is 0 Å². The molecule has 2 amide bonds. The van der Waals surface area contributed by atoms with Crippen LogP contribution in [0.5, 0.6) is 5.75 Å². The summed E-state index contributed by atoms with van der Waals surface area (Å²) in [6, 6.07) is 8.40. The Kier molecular flexibility index (Phi) is 4.69. The lowest BCUT2D eigenvalue weighted by atomic mass is 10.3. The SMILES string of the molecule is O=C(NCc1cccs1)Nc1ccccc1OC(F)(F)F. The third kappa shape index (κ3) is 4.99. The van der Waals surface area contributed by atoms with Gasteiger partial charge < -0.3 is 15.4 Å². The number of amides is 2. The molecule has 0 spiro atoms. The third-order valence-corrected chi connectivity index (χ3v) is 3.24. The van der Waals surface area contributed by atoms with Crippen molar-refractivity contribution in [2.75, 3.05) is 5.32 Å². The zero-order valence-electron chi connectivity index (χ0n) is 10.6. The Morgan fingerprint density at radius 3 is 2.62 bits per heavy atom. The molecule has 21 heavy (non-hydrogen) atoms. The minimum absolute atomic E-state index is 0.0569. The van der Waals surface area contributed by atoms with Gasteiger partial charge in [-0.3, -0.25) is 0 Å². The molecule has 4 nitrogen and oxygen atoms in total. The van der Waals surface area contributed by atoms with Crippen molar-refractivity contribution in [2.24, 2.45) is 0 Å². The summed E-state index contributed by atoms with van der Waals surface area (Å²) in [7, 11) is 0. The van der Waals surface area contributed by atoms with E-state index in [-0.39, 0.29) is 5.69 Å². The van der Waals surface area contributed by atoms with Crippen LogP contribution in [0.1, 0.15) is 4.88 Å². The van der Waals surface area contributed by atoms with E-state index in [0.717, 1.165) is 10.9 Å². The van der Waals surface area contributed by atoms with Gasteiger partial charge in [-0.25, -0.2) is 4.79 Å². The van der Waals surface area contributed by atoms with E-state index in [0.29, 0.717) is 6.54 Å². The summed E-state index contributed by atoms with van der Waals surface area (Å²) in [5.74, 6) is -0.462. The molecule has 2 rings (SSSR count). The molecule has 2 aromatic rings. The van der Waals surface area contributed by atoms with Gasteiger partial charge in [0.25, 0.3) is 0 Å². The predicted octanol–water partition coefficient (Wildman–Crippen LogP) is 3.97. The Balaban J connectivity index is 1.97. The topological polar surface area (TPSA) is 50.4 Å². The standard InChI is InChI=1S/C13H11F3N2O2S/c14-13(15,16)20-11-6-2-1-5-10(11)18-12(19)17-8-9-4-3-7-21-9/h1-7H,8H2,(H2,17,18,19). The van der Waals surface area contributed by atoms with Crippen LogP contribution in [0.4, 0.5) is 23.7 Å². The van der Waals surface area contributed by atoms with Crippen molar-refractivity contribution in [3.05, 3.63) is 46.7 Å². The number of rotatable bonds is 4. The van der Waals surface area contributed by atoms with Crippen LogP contribution in [0.25, 0.3) is 0 Å². The second-order valence-electron chi connectivity index (χ2n) is 3.93. The highest BCUT2D eigenvalue weighted by molar-refractivity contribution is 7.09. The number of ether oxygens (including phenoxy) is 1. The smallest absolute Gasteiger partial charge is 0.404 e. The quantitative estimate of drug-likeness (QED) is 0.897. The van der Waals surface area contributed by atoms with Crippen LogP contribution in [0.2, 0.25) is 0 Å². The van der Waals surface area contributed by atoms with Crippen molar-refractivity contribution in [2.45, 2.75) is 12.9 Å². The lowest BCUT2D eigenvalue weighted by Crippen LogP contribution is -2.28. The summed E-state index contributed by atoms with van der Waals surface area (Å²) in [6.07, 6.45) is -4.81. The van der Waals surface area contributed by atoms with Gasteiger partial charge in [0.15, 0.2) is 5.75 Å². The van der Waals surface area contributed by atoms with Gasteiger partial charge in [0, 0.05) is 4.88 Å². The number of anilines is 1. The van der Waals surface area contributed by atoms with Crippen LogP contribution >= 0.6 is 11.3 Å². The average Bonchev–Trinajstić information content (AvgIpc) is 2.90. The van der Waals surface area contributed by atoms with Gasteiger partial charge in [0.2, 0.25) is 0 Å². The second kappa shape index (κ2) is 6.49. The molecule has 0 saturated carbocycles. The number of carbonyl (C=O) groups is 1. The molecular formula is C13H11F3N2O2S. The van der Waals surface area contributed by atoms with Gasteiger partial charge in [-0.05, 0) is 23.6 Å². The average molecular weight is 316 g/mol. The van der Waals surface area contributed by atoms with Gasteiger partial charge in [0.1, 0.15) is 0 Å². The number of hydrogen-bond donors (Lipinski definition) is 2. The van der Waals surface area contributed by atoms with Crippen molar-refractivity contribution < 1.29 is 22.7 Å². The molecule has 2 N–H and O–H groups in total. The van der Waals surface area contributed by atoms with E-state index < -0.39 is 18.1 Å². The second-order valence-corrected chi connectivity index (χ2v) is 4.96. The molecule has 0 aliphatic rings. The van der Waals surface area contributed by atoms with E-state index in [1.165, 1.54) is 29.5 Å². The van der Waals surface area contributed by atoms with Crippen LogP contribution in [0.15, 0.2) is 41.8 Å². The zero-order chi connectivity index (χ0) is 15.3. The molecule has 112 valence electrons. The third-order valence-electron chi connectivity index (χ3n) is 2.36. The summed E-state index contributed by atoms with van der Waals surface area (Å²) in [5, 5.41) is 6.73. The zero-order valence-corrected chi connectivity index (χ0v) is 11.4. The maximum atomic E-state index is 12.2. The van der Waals surface area contributed by atoms with Gasteiger partial charge >= 0.3 is 12.4 Å². The van der Waals surface area contributed by atoms with Crippen molar-refractivity contribution >= 4 is 23.1 Å². The number of carbonyl (C=O) groups excluding carboxylic acids is 1. The van der Waals surface area contributed by atoms with Crippen LogP contribution in [-0.2, 0) is 6.54 Å². The summed E-state index contributed by atoms with van der Waals surface area (Å²) >= 11 is 1.47. The molecule has 0 fully saturated rings. The maximum Gasteiger partial charge on any atom is 0.573 e. The largest absolute Gasteiger partial charge is 0.573 e. The fraction of sp³-hybridized carbons (Fsp3) is 0.154. The molecule has 0 bridgehead atoms. The van der Waals surface area contributed by atoms with Crippen LogP contribution in [-0.4, -0.2) is 12.4 Å². The highest BCUT2D eigenvalue weighted by Gasteiger charge is 2.32. The monoisotopic (exact) mass is 316 g/mol. The van der Waals surface area contributed by atoms with Crippen molar-refractivity contribution in [1.29, 1.82) is 0 Å². The van der Waals surface area contributed by atoms with E-state index in [9.17, 15) is 18.0 Å². The number of para-hydroxylation sites is 2. The van der Waals surface area contributed by atoms with Crippen LogP contribution in [0, 0.1) is 0 Å². The minimum Gasteiger partial charge on any atom is -0.404 e. The molecule has 1 aromatic heterocycles. The van der Waals surface area contributed by atoms with Crippen molar-refractivity contribution in [3.8, 4) is 5.75 Å². The van der Waals surface area contributed by atoms with E-state index in [4.69, 9.17) is 0 Å². The Bertz CT molecular complexity index is 600. The molecule has 0 radical (unpaired) electrons. The highest BCUT2D eigenvalue weighted by Crippen LogP contribution is 2.29. The number of alkyl halides is 3. The lowest BCUT2D eigenvalue weighted by molar-refractivity contribution is -0.274. The van der Waals surface area contributed by atoms with E-state index in [1.54, 1.807) is 0 Å². The summed E-state index contributed by atoms with van der Waals surface area (Å²) in [6.45, 7) is 0.297. The number of urea groups is 1. The molecule has 0 saturated heterocycles. The molecule has 0 atom stereocenters. The fourth-order valence-electron chi connectivity index (χ4n) is 1.53. The number of benzene rings is 1. The first kappa shape index (κ1) is 15.2. The first-order valence-electron chi connectivity index (χ1n) is 5.86. The first-order chi connectivity index (χ1) is 9.94. The number of halogens is 3. The van der Waals surface area contributed by atoms with Crippen LogP contribution < -0.4 is 15.4 Å². The Morgan fingerprint density at radius 2 is 1.95 bits per heavy atom. The first-order valence-corrected chi connectivity index (χ1v) is 6.74. The van der Waals surface area contributed by atoms with Crippen molar-refractivity contribution in [3.63, 3.8) is 0 Å². The van der Waals surface area contributed by atoms with Gasteiger partial charge in [-0.15, -0.1) is 24.5 Å². The Morgan fingerprint density at radius 1 is 1.19 bits per heavy atom. The Hall–Kier alpha value is -2.22. The highest BCUT2D eigenvalue weighted by atomic mass is 32.1. The summed E-state index contributed by atoms with van der Waals surface area (Å²) < 4.78 is 40.6. The number of thiophene rings is 1.